The Balaban J connectivity index is 2.21. The molecule has 88 valence electrons. The molecule has 1 aromatic rings. The van der Waals surface area contributed by atoms with Crippen molar-refractivity contribution in [2.75, 3.05) is 18.4 Å². The summed E-state index contributed by atoms with van der Waals surface area (Å²) in [4.78, 5) is 0. The van der Waals surface area contributed by atoms with Gasteiger partial charge in [-0.2, -0.15) is 0 Å². The molecule has 0 unspecified atom stereocenters. The smallest absolute Gasteiger partial charge is 0.242 e. The minimum absolute atomic E-state index is 0.922. The van der Waals surface area contributed by atoms with E-state index in [0.29, 0.717) is 0 Å². The Bertz CT molecular complexity index is 374. The fourth-order valence-corrected chi connectivity index (χ4v) is 2.65. The molecule has 0 saturated carbocycles. The van der Waals surface area contributed by atoms with Gasteiger partial charge in [0.1, 0.15) is 5.75 Å². The van der Waals surface area contributed by atoms with Crippen molar-refractivity contribution in [2.45, 2.75) is 26.2 Å². The van der Waals surface area contributed by atoms with E-state index in [0.717, 1.165) is 25.4 Å². The van der Waals surface area contributed by atoms with Gasteiger partial charge < -0.3 is 15.1 Å². The van der Waals surface area contributed by atoms with Crippen LogP contribution in [-0.2, 0) is 6.54 Å². The lowest BCUT2D eigenvalue weighted by atomic mass is 10.1. The minimum Gasteiger partial charge on any atom is -0.544 e. The monoisotopic (exact) mass is 236 g/mol. The molecule has 4 heteroatoms. The number of benzene rings is 1. The topological polar surface area (TPSA) is 33.3 Å². The van der Waals surface area contributed by atoms with Crippen molar-refractivity contribution in [3.8, 4) is 5.75 Å². The molecule has 0 fully saturated rings. The summed E-state index contributed by atoms with van der Waals surface area (Å²) in [5.41, 5.74) is 2.53. The molecule has 2 rings (SSSR count). The van der Waals surface area contributed by atoms with Gasteiger partial charge in [-0.3, -0.25) is 0 Å². The highest BCUT2D eigenvalue weighted by Crippen LogP contribution is 2.24. The molecule has 0 saturated heterocycles. The largest absolute Gasteiger partial charge is 0.544 e. The Morgan fingerprint density at radius 2 is 2.00 bits per heavy atom. The van der Waals surface area contributed by atoms with Crippen molar-refractivity contribution >= 4 is 14.0 Å². The molecule has 1 aliphatic rings. The van der Waals surface area contributed by atoms with Crippen LogP contribution in [0.4, 0.5) is 5.69 Å². The van der Waals surface area contributed by atoms with Crippen LogP contribution in [0.15, 0.2) is 18.2 Å². The number of hydrogen-bond acceptors (Lipinski definition) is 3. The first-order valence-corrected chi connectivity index (χ1v) is 9.22. The van der Waals surface area contributed by atoms with E-state index in [9.17, 15) is 0 Å². The average Bonchev–Trinajstić information content (AvgIpc) is 2.39. The van der Waals surface area contributed by atoms with Gasteiger partial charge in [0.2, 0.25) is 8.32 Å². The predicted molar refractivity (Wildman–Crippen MR) is 70.6 cm³/mol. The zero-order valence-corrected chi connectivity index (χ0v) is 11.3. The molecule has 1 aromatic carbocycles. The van der Waals surface area contributed by atoms with Crippen LogP contribution in [0, 0.1) is 0 Å². The van der Waals surface area contributed by atoms with E-state index in [1.165, 1.54) is 11.3 Å². The van der Waals surface area contributed by atoms with Crippen LogP contribution < -0.4 is 15.1 Å². The Morgan fingerprint density at radius 1 is 1.19 bits per heavy atom. The van der Waals surface area contributed by atoms with E-state index in [1.807, 2.05) is 0 Å². The van der Waals surface area contributed by atoms with Gasteiger partial charge in [0, 0.05) is 25.3 Å². The van der Waals surface area contributed by atoms with Crippen molar-refractivity contribution in [2.24, 2.45) is 0 Å². The van der Waals surface area contributed by atoms with Crippen LogP contribution in [0.1, 0.15) is 5.56 Å². The summed E-state index contributed by atoms with van der Waals surface area (Å²) in [5, 5.41) is 6.80. The molecule has 0 amide bonds. The highest BCUT2D eigenvalue weighted by Gasteiger charge is 2.17. The van der Waals surface area contributed by atoms with E-state index in [-0.39, 0.29) is 0 Å². The summed E-state index contributed by atoms with van der Waals surface area (Å²) < 4.78 is 5.99. The van der Waals surface area contributed by atoms with Crippen molar-refractivity contribution in [3.05, 3.63) is 23.8 Å². The summed E-state index contributed by atoms with van der Waals surface area (Å²) >= 11 is 0. The highest BCUT2D eigenvalue weighted by molar-refractivity contribution is 6.70. The van der Waals surface area contributed by atoms with Crippen molar-refractivity contribution in [3.63, 3.8) is 0 Å². The van der Waals surface area contributed by atoms with Crippen LogP contribution in [-0.4, -0.2) is 21.4 Å². The van der Waals surface area contributed by atoms with Crippen molar-refractivity contribution < 1.29 is 4.43 Å². The first kappa shape index (κ1) is 11.5. The quantitative estimate of drug-likeness (QED) is 0.774. The van der Waals surface area contributed by atoms with Gasteiger partial charge in [-0.15, -0.1) is 0 Å². The summed E-state index contributed by atoms with van der Waals surface area (Å²) in [5.74, 6) is 1.00. The fraction of sp³-hybridized carbons (Fsp3) is 0.500. The number of hydrogen-bond donors (Lipinski definition) is 2. The molecular formula is C12H20N2OSi. The van der Waals surface area contributed by atoms with E-state index < -0.39 is 8.32 Å². The average molecular weight is 236 g/mol. The first-order chi connectivity index (χ1) is 7.54. The Hall–Kier alpha value is -1.00. The lowest BCUT2D eigenvalue weighted by molar-refractivity contribution is 0.556. The maximum atomic E-state index is 5.99. The number of rotatable bonds is 2. The molecule has 1 heterocycles. The lowest BCUT2D eigenvalue weighted by Gasteiger charge is -2.20. The van der Waals surface area contributed by atoms with E-state index in [4.69, 9.17) is 4.43 Å². The third-order valence-electron chi connectivity index (χ3n) is 2.43. The standard InChI is InChI=1S/C12H20N2OSi/c1-16(2,3)15-11-4-5-12-10(8-11)9-13-6-7-14-12/h4-5,8,13-14H,6-7,9H2,1-3H3. The summed E-state index contributed by atoms with van der Waals surface area (Å²) in [6, 6.07) is 6.34. The first-order valence-electron chi connectivity index (χ1n) is 5.81. The maximum Gasteiger partial charge on any atom is 0.242 e. The van der Waals surface area contributed by atoms with Gasteiger partial charge in [-0.25, -0.2) is 0 Å². The molecule has 16 heavy (non-hydrogen) atoms. The van der Waals surface area contributed by atoms with Crippen LogP contribution >= 0.6 is 0 Å². The fourth-order valence-electron chi connectivity index (χ4n) is 1.81. The molecule has 2 N–H and O–H groups in total. The molecule has 1 aliphatic heterocycles. The molecule has 0 bridgehead atoms. The molecule has 0 aliphatic carbocycles. The van der Waals surface area contributed by atoms with Crippen LogP contribution in [0.25, 0.3) is 0 Å². The Labute approximate surface area is 98.3 Å². The normalized spacial score (nSPS) is 15.9. The van der Waals surface area contributed by atoms with Gasteiger partial charge in [0.05, 0.1) is 0 Å². The predicted octanol–water partition coefficient (Wildman–Crippen LogP) is 2.42. The maximum absolute atomic E-state index is 5.99. The zero-order valence-electron chi connectivity index (χ0n) is 10.3. The zero-order chi connectivity index (χ0) is 11.6. The van der Waals surface area contributed by atoms with Gasteiger partial charge in [-0.05, 0) is 43.4 Å². The number of anilines is 1. The summed E-state index contributed by atoms with van der Waals surface area (Å²) in [6.45, 7) is 9.53. The van der Waals surface area contributed by atoms with E-state index in [1.54, 1.807) is 0 Å². The second kappa shape index (κ2) is 4.47. The highest BCUT2D eigenvalue weighted by atomic mass is 28.4. The number of fused-ring (bicyclic) bond motifs is 1. The molecular weight excluding hydrogens is 216 g/mol. The van der Waals surface area contributed by atoms with Gasteiger partial charge in [-0.1, -0.05) is 0 Å². The van der Waals surface area contributed by atoms with Crippen molar-refractivity contribution in [1.29, 1.82) is 0 Å². The van der Waals surface area contributed by atoms with Crippen LogP contribution in [0.5, 0.6) is 5.75 Å². The Morgan fingerprint density at radius 3 is 2.75 bits per heavy atom. The second-order valence-corrected chi connectivity index (χ2v) is 9.57. The van der Waals surface area contributed by atoms with Gasteiger partial charge in [0.25, 0.3) is 0 Å². The minimum atomic E-state index is -1.50. The molecule has 3 nitrogen and oxygen atoms in total. The van der Waals surface area contributed by atoms with Crippen LogP contribution in [0.2, 0.25) is 19.6 Å². The summed E-state index contributed by atoms with van der Waals surface area (Å²) in [6.07, 6.45) is 0. The van der Waals surface area contributed by atoms with E-state index >= 15 is 0 Å². The van der Waals surface area contributed by atoms with Crippen molar-refractivity contribution in [1.82, 2.24) is 5.32 Å². The molecule has 0 atom stereocenters. The third kappa shape index (κ3) is 2.99. The molecule has 0 spiro atoms. The third-order valence-corrected chi connectivity index (χ3v) is 3.28. The Kier molecular flexibility index (Phi) is 3.21. The number of nitrogens with one attached hydrogen (secondary N) is 2. The molecule has 0 aromatic heterocycles. The molecule has 0 radical (unpaired) electrons. The second-order valence-electron chi connectivity index (χ2n) is 5.14. The van der Waals surface area contributed by atoms with Crippen LogP contribution in [0.3, 0.4) is 0 Å². The summed E-state index contributed by atoms with van der Waals surface area (Å²) in [7, 11) is -1.50. The lowest BCUT2D eigenvalue weighted by Crippen LogP contribution is -2.29. The van der Waals surface area contributed by atoms with E-state index in [2.05, 4.69) is 48.5 Å². The van der Waals surface area contributed by atoms with Gasteiger partial charge in [0.15, 0.2) is 0 Å². The SMILES string of the molecule is C[Si](C)(C)Oc1ccc2c(c1)CNCCN2. The van der Waals surface area contributed by atoms with Gasteiger partial charge >= 0.3 is 0 Å².